The van der Waals surface area contributed by atoms with E-state index in [1.165, 1.54) is 15.3 Å². The summed E-state index contributed by atoms with van der Waals surface area (Å²) < 4.78 is 0. The lowest BCUT2D eigenvalue weighted by Gasteiger charge is -2.14. The summed E-state index contributed by atoms with van der Waals surface area (Å²) in [7, 11) is 0. The summed E-state index contributed by atoms with van der Waals surface area (Å²) in [6.45, 7) is 7.24. The van der Waals surface area contributed by atoms with E-state index in [-0.39, 0.29) is 0 Å². The Balaban J connectivity index is 1.96. The Bertz CT molecular complexity index is 532. The molecule has 1 unspecified atom stereocenters. The summed E-state index contributed by atoms with van der Waals surface area (Å²) in [6, 6.07) is 9.13. The number of nitrogens with one attached hydrogen (secondary N) is 1. The summed E-state index contributed by atoms with van der Waals surface area (Å²) in [5.74, 6) is 0. The first-order valence-electron chi connectivity index (χ1n) is 6.40. The van der Waals surface area contributed by atoms with Gasteiger partial charge in [-0.25, -0.2) is 4.98 Å². The number of benzene rings is 1. The summed E-state index contributed by atoms with van der Waals surface area (Å²) in [5.41, 5.74) is 2.48. The maximum absolute atomic E-state index is 4.46. The lowest BCUT2D eigenvalue weighted by molar-refractivity contribution is 0.577. The Hall–Kier alpha value is -0.840. The van der Waals surface area contributed by atoms with Crippen LogP contribution in [0.15, 0.2) is 29.2 Å². The van der Waals surface area contributed by atoms with E-state index in [4.69, 9.17) is 0 Å². The Morgan fingerprint density at radius 3 is 2.47 bits per heavy atom. The average molecular weight is 292 g/mol. The van der Waals surface area contributed by atoms with Gasteiger partial charge < -0.3 is 5.32 Å². The molecule has 0 aliphatic rings. The summed E-state index contributed by atoms with van der Waals surface area (Å²) >= 11 is 3.56. The minimum Gasteiger partial charge on any atom is -0.305 e. The molecular weight excluding hydrogens is 272 g/mol. The number of aromatic nitrogens is 1. The van der Waals surface area contributed by atoms with Crippen molar-refractivity contribution in [2.75, 3.05) is 6.26 Å². The highest BCUT2D eigenvalue weighted by Crippen LogP contribution is 2.21. The number of hydrogen-bond donors (Lipinski definition) is 1. The zero-order valence-corrected chi connectivity index (χ0v) is 13.5. The summed E-state index contributed by atoms with van der Waals surface area (Å²) in [6.07, 6.45) is 2.10. The largest absolute Gasteiger partial charge is 0.305 e. The van der Waals surface area contributed by atoms with Gasteiger partial charge in [-0.1, -0.05) is 12.1 Å². The smallest absolute Gasteiger partial charge is 0.0900 e. The van der Waals surface area contributed by atoms with E-state index in [0.717, 1.165) is 17.2 Å². The fraction of sp³-hybridized carbons (Fsp3) is 0.400. The van der Waals surface area contributed by atoms with Crippen molar-refractivity contribution in [2.45, 2.75) is 38.3 Å². The molecule has 0 aliphatic carbocycles. The van der Waals surface area contributed by atoms with Crippen molar-refractivity contribution in [3.63, 3.8) is 0 Å². The highest BCUT2D eigenvalue weighted by Gasteiger charge is 2.08. The van der Waals surface area contributed by atoms with E-state index in [1.54, 1.807) is 23.1 Å². The van der Waals surface area contributed by atoms with E-state index in [1.807, 2.05) is 0 Å². The minimum absolute atomic E-state index is 0.359. The van der Waals surface area contributed by atoms with Crippen LogP contribution in [0.2, 0.25) is 0 Å². The van der Waals surface area contributed by atoms with Gasteiger partial charge >= 0.3 is 0 Å². The third kappa shape index (κ3) is 3.81. The number of thiazole rings is 1. The Labute approximate surface area is 123 Å². The first-order chi connectivity index (χ1) is 9.10. The van der Waals surface area contributed by atoms with Crippen LogP contribution in [0.1, 0.15) is 34.1 Å². The molecule has 19 heavy (non-hydrogen) atoms. The lowest BCUT2D eigenvalue weighted by atomic mass is 10.1. The second-order valence-corrected chi connectivity index (χ2v) is 6.78. The van der Waals surface area contributed by atoms with E-state index in [2.05, 4.69) is 61.6 Å². The lowest BCUT2D eigenvalue weighted by Crippen LogP contribution is -2.17. The maximum Gasteiger partial charge on any atom is 0.0900 e. The third-order valence-electron chi connectivity index (χ3n) is 3.18. The van der Waals surface area contributed by atoms with Crippen LogP contribution in [0.4, 0.5) is 0 Å². The van der Waals surface area contributed by atoms with Crippen LogP contribution in [-0.2, 0) is 6.54 Å². The highest BCUT2D eigenvalue weighted by atomic mass is 32.2. The normalized spacial score (nSPS) is 12.6. The van der Waals surface area contributed by atoms with Gasteiger partial charge in [-0.2, -0.15) is 0 Å². The van der Waals surface area contributed by atoms with Crippen molar-refractivity contribution < 1.29 is 0 Å². The molecule has 1 aromatic heterocycles. The van der Waals surface area contributed by atoms with Crippen molar-refractivity contribution in [3.05, 3.63) is 45.4 Å². The van der Waals surface area contributed by atoms with Gasteiger partial charge in [0.05, 0.1) is 10.7 Å². The molecule has 4 heteroatoms. The second kappa shape index (κ2) is 6.55. The van der Waals surface area contributed by atoms with Crippen LogP contribution in [0.5, 0.6) is 0 Å². The van der Waals surface area contributed by atoms with Crippen LogP contribution in [0.3, 0.4) is 0 Å². The summed E-state index contributed by atoms with van der Waals surface area (Å²) in [4.78, 5) is 7.11. The molecule has 2 nitrogen and oxygen atoms in total. The monoisotopic (exact) mass is 292 g/mol. The highest BCUT2D eigenvalue weighted by molar-refractivity contribution is 7.98. The summed E-state index contributed by atoms with van der Waals surface area (Å²) in [5, 5.41) is 4.72. The predicted molar refractivity (Wildman–Crippen MR) is 85.1 cm³/mol. The Morgan fingerprint density at radius 2 is 1.95 bits per heavy atom. The van der Waals surface area contributed by atoms with E-state index in [0.29, 0.717) is 6.04 Å². The van der Waals surface area contributed by atoms with Crippen LogP contribution in [0.25, 0.3) is 0 Å². The van der Waals surface area contributed by atoms with Crippen LogP contribution < -0.4 is 5.32 Å². The molecule has 2 aromatic rings. The fourth-order valence-electron chi connectivity index (χ4n) is 1.99. The molecule has 0 spiro atoms. The van der Waals surface area contributed by atoms with Gasteiger partial charge in [0, 0.05) is 22.4 Å². The molecule has 0 bridgehead atoms. The number of aryl methyl sites for hydroxylation is 2. The van der Waals surface area contributed by atoms with E-state index in [9.17, 15) is 0 Å². The number of rotatable bonds is 5. The average Bonchev–Trinajstić information content (AvgIpc) is 2.74. The van der Waals surface area contributed by atoms with Crippen molar-refractivity contribution >= 4 is 23.1 Å². The molecule has 1 atom stereocenters. The van der Waals surface area contributed by atoms with Crippen LogP contribution in [0, 0.1) is 13.8 Å². The van der Waals surface area contributed by atoms with Gasteiger partial charge in [0.25, 0.3) is 0 Å². The van der Waals surface area contributed by atoms with Gasteiger partial charge in [0.15, 0.2) is 0 Å². The molecule has 1 N–H and O–H groups in total. The quantitative estimate of drug-likeness (QED) is 0.830. The molecule has 0 saturated carbocycles. The molecule has 102 valence electrons. The maximum atomic E-state index is 4.46. The molecular formula is C15H20N2S2. The molecule has 1 heterocycles. The molecule has 2 rings (SSSR count). The van der Waals surface area contributed by atoms with Gasteiger partial charge in [-0.05, 0) is 44.7 Å². The second-order valence-electron chi connectivity index (χ2n) is 4.62. The molecule has 0 radical (unpaired) electrons. The van der Waals surface area contributed by atoms with Gasteiger partial charge in [-0.15, -0.1) is 23.1 Å². The first-order valence-corrected chi connectivity index (χ1v) is 8.44. The zero-order chi connectivity index (χ0) is 13.8. The van der Waals surface area contributed by atoms with Crippen molar-refractivity contribution in [2.24, 2.45) is 0 Å². The van der Waals surface area contributed by atoms with Crippen molar-refractivity contribution in [1.82, 2.24) is 10.3 Å². The number of hydrogen-bond acceptors (Lipinski definition) is 4. The molecule has 0 amide bonds. The van der Waals surface area contributed by atoms with Crippen LogP contribution in [-0.4, -0.2) is 11.2 Å². The number of nitrogens with zero attached hydrogens (tertiary/aromatic N) is 1. The standard InChI is InChI=1S/C15H20N2S2/c1-10(13-5-7-14(18-4)8-6-13)16-9-15-11(2)17-12(3)19-15/h5-8,10,16H,9H2,1-4H3. The Kier molecular flexibility index (Phi) is 5.02. The molecule has 0 saturated heterocycles. The predicted octanol–water partition coefficient (Wildman–Crippen LogP) is 4.33. The number of thioether (sulfide) groups is 1. The van der Waals surface area contributed by atoms with E-state index >= 15 is 0 Å². The topological polar surface area (TPSA) is 24.9 Å². The minimum atomic E-state index is 0.359. The van der Waals surface area contributed by atoms with Gasteiger partial charge in [0.1, 0.15) is 0 Å². The van der Waals surface area contributed by atoms with E-state index < -0.39 is 0 Å². The zero-order valence-electron chi connectivity index (χ0n) is 11.9. The van der Waals surface area contributed by atoms with Gasteiger partial charge in [-0.3, -0.25) is 0 Å². The molecule has 0 fully saturated rings. The third-order valence-corrected chi connectivity index (χ3v) is 5.00. The molecule has 1 aromatic carbocycles. The van der Waals surface area contributed by atoms with Crippen LogP contribution >= 0.6 is 23.1 Å². The van der Waals surface area contributed by atoms with Crippen molar-refractivity contribution in [1.29, 1.82) is 0 Å². The SMILES string of the molecule is CSc1ccc(C(C)NCc2sc(C)nc2C)cc1. The Morgan fingerprint density at radius 1 is 1.26 bits per heavy atom. The van der Waals surface area contributed by atoms with Crippen molar-refractivity contribution in [3.8, 4) is 0 Å². The molecule has 0 aliphatic heterocycles. The fourth-order valence-corrected chi connectivity index (χ4v) is 3.29. The first kappa shape index (κ1) is 14.6. The van der Waals surface area contributed by atoms with Gasteiger partial charge in [0.2, 0.25) is 0 Å².